The average molecular weight is 304 g/mol. The Labute approximate surface area is 123 Å². The Hall–Kier alpha value is -0.780. The Morgan fingerprint density at radius 3 is 2.60 bits per heavy atom. The first-order valence-corrected chi connectivity index (χ1v) is 9.50. The fraction of sp³-hybridized carbons (Fsp3) is 0.929. The highest BCUT2D eigenvalue weighted by molar-refractivity contribution is 7.90. The third-order valence-corrected chi connectivity index (χ3v) is 5.30. The molecule has 0 aromatic carbocycles. The van der Waals surface area contributed by atoms with Gasteiger partial charge in [-0.05, 0) is 25.7 Å². The SMILES string of the molecule is CC[C@@H]1CCC[C@H](NC(=O)N(C)[C@@H](C)CS(C)(=O)=O)C1. The van der Waals surface area contributed by atoms with E-state index in [1.165, 1.54) is 17.6 Å². The summed E-state index contributed by atoms with van der Waals surface area (Å²) in [5.74, 6) is 0.701. The number of amides is 2. The van der Waals surface area contributed by atoms with Crippen molar-refractivity contribution in [3.05, 3.63) is 0 Å². The van der Waals surface area contributed by atoms with E-state index >= 15 is 0 Å². The van der Waals surface area contributed by atoms with Gasteiger partial charge in [0.05, 0.1) is 5.75 Å². The summed E-state index contributed by atoms with van der Waals surface area (Å²) in [5, 5.41) is 3.04. The van der Waals surface area contributed by atoms with Crippen LogP contribution in [0.4, 0.5) is 4.79 Å². The smallest absolute Gasteiger partial charge is 0.317 e. The van der Waals surface area contributed by atoms with Crippen LogP contribution in [-0.2, 0) is 9.84 Å². The standard InChI is InChI=1S/C14H28N2O3S/c1-5-12-7-6-8-13(9-12)15-14(17)16(3)11(2)10-20(4,18)19/h11-13H,5-10H2,1-4H3,(H,15,17)/t11-,12+,13-/m0/s1. The zero-order chi connectivity index (χ0) is 15.3. The lowest BCUT2D eigenvalue weighted by Crippen LogP contribution is -2.49. The van der Waals surface area contributed by atoms with Crippen LogP contribution in [0.5, 0.6) is 0 Å². The van der Waals surface area contributed by atoms with Crippen molar-refractivity contribution in [1.82, 2.24) is 10.2 Å². The van der Waals surface area contributed by atoms with Gasteiger partial charge in [-0.25, -0.2) is 13.2 Å². The Bertz CT molecular complexity index is 422. The summed E-state index contributed by atoms with van der Waals surface area (Å²) in [7, 11) is -1.41. The van der Waals surface area contributed by atoms with Crippen LogP contribution < -0.4 is 5.32 Å². The molecule has 0 spiro atoms. The first-order valence-electron chi connectivity index (χ1n) is 7.44. The molecule has 0 aromatic rings. The molecule has 118 valence electrons. The first-order chi connectivity index (χ1) is 9.23. The van der Waals surface area contributed by atoms with Gasteiger partial charge in [0, 0.05) is 25.4 Å². The van der Waals surface area contributed by atoms with Crippen LogP contribution in [0.15, 0.2) is 0 Å². The molecular weight excluding hydrogens is 276 g/mol. The summed E-state index contributed by atoms with van der Waals surface area (Å²) in [6.45, 7) is 3.95. The van der Waals surface area contributed by atoms with Crippen molar-refractivity contribution >= 4 is 15.9 Å². The Morgan fingerprint density at radius 1 is 1.40 bits per heavy atom. The summed E-state index contributed by atoms with van der Waals surface area (Å²) >= 11 is 0. The molecule has 6 heteroatoms. The average Bonchev–Trinajstić information content (AvgIpc) is 2.36. The second-order valence-electron chi connectivity index (χ2n) is 6.14. The zero-order valence-corrected chi connectivity index (χ0v) is 13.9. The molecule has 0 aliphatic heterocycles. The Balaban J connectivity index is 2.48. The van der Waals surface area contributed by atoms with Crippen molar-refractivity contribution in [2.24, 2.45) is 5.92 Å². The highest BCUT2D eigenvalue weighted by atomic mass is 32.2. The minimum atomic E-state index is -3.07. The van der Waals surface area contributed by atoms with Gasteiger partial charge in [0.15, 0.2) is 0 Å². The maximum atomic E-state index is 12.2. The van der Waals surface area contributed by atoms with Gasteiger partial charge >= 0.3 is 6.03 Å². The summed E-state index contributed by atoms with van der Waals surface area (Å²) in [5.41, 5.74) is 0. The highest BCUT2D eigenvalue weighted by Crippen LogP contribution is 2.26. The van der Waals surface area contributed by atoms with Crippen molar-refractivity contribution in [2.75, 3.05) is 19.1 Å². The molecule has 1 fully saturated rings. The van der Waals surface area contributed by atoms with E-state index in [0.717, 1.165) is 25.7 Å². The van der Waals surface area contributed by atoms with Crippen molar-refractivity contribution in [2.45, 2.75) is 58.0 Å². The van der Waals surface area contributed by atoms with E-state index in [0.29, 0.717) is 5.92 Å². The number of carbonyl (C=O) groups excluding carboxylic acids is 1. The van der Waals surface area contributed by atoms with Gasteiger partial charge in [-0.2, -0.15) is 0 Å². The van der Waals surface area contributed by atoms with Gasteiger partial charge in [-0.15, -0.1) is 0 Å². The molecule has 0 bridgehead atoms. The summed E-state index contributed by atoms with van der Waals surface area (Å²) in [6.07, 6.45) is 6.83. The monoisotopic (exact) mass is 304 g/mol. The fourth-order valence-corrected chi connectivity index (χ4v) is 3.92. The lowest BCUT2D eigenvalue weighted by molar-refractivity contribution is 0.185. The number of nitrogens with zero attached hydrogens (tertiary/aromatic N) is 1. The molecule has 1 aliphatic carbocycles. The van der Waals surface area contributed by atoms with Crippen LogP contribution in [0.3, 0.4) is 0 Å². The van der Waals surface area contributed by atoms with Crippen molar-refractivity contribution < 1.29 is 13.2 Å². The number of rotatable bonds is 5. The van der Waals surface area contributed by atoms with Gasteiger partial charge in [0.1, 0.15) is 9.84 Å². The maximum Gasteiger partial charge on any atom is 0.317 e. The van der Waals surface area contributed by atoms with Crippen LogP contribution in [0, 0.1) is 5.92 Å². The predicted molar refractivity (Wildman–Crippen MR) is 81.5 cm³/mol. The topological polar surface area (TPSA) is 66.5 Å². The van der Waals surface area contributed by atoms with Crippen LogP contribution in [0.2, 0.25) is 0 Å². The normalized spacial score (nSPS) is 25.0. The molecule has 3 atom stereocenters. The molecule has 5 nitrogen and oxygen atoms in total. The van der Waals surface area contributed by atoms with E-state index in [9.17, 15) is 13.2 Å². The number of sulfone groups is 1. The van der Waals surface area contributed by atoms with E-state index in [-0.39, 0.29) is 23.9 Å². The lowest BCUT2D eigenvalue weighted by atomic mass is 9.84. The van der Waals surface area contributed by atoms with E-state index in [1.54, 1.807) is 14.0 Å². The van der Waals surface area contributed by atoms with Gasteiger partial charge in [-0.1, -0.05) is 26.2 Å². The van der Waals surface area contributed by atoms with Gasteiger partial charge in [0.2, 0.25) is 0 Å². The third kappa shape index (κ3) is 5.69. The maximum absolute atomic E-state index is 12.2. The predicted octanol–water partition coefficient (Wildman–Crippen LogP) is 2.03. The number of urea groups is 1. The van der Waals surface area contributed by atoms with Crippen LogP contribution in [0.1, 0.15) is 46.0 Å². The van der Waals surface area contributed by atoms with Crippen LogP contribution >= 0.6 is 0 Å². The quantitative estimate of drug-likeness (QED) is 0.845. The fourth-order valence-electron chi connectivity index (χ4n) is 2.82. The molecule has 1 rings (SSSR count). The van der Waals surface area contributed by atoms with Crippen LogP contribution in [0.25, 0.3) is 0 Å². The Kier molecular flexibility index (Phi) is 6.30. The molecule has 1 aliphatic rings. The second-order valence-corrected chi connectivity index (χ2v) is 8.32. The molecular formula is C14H28N2O3S. The molecule has 1 N–H and O–H groups in total. The van der Waals surface area contributed by atoms with Crippen LogP contribution in [-0.4, -0.2) is 50.5 Å². The minimum absolute atomic E-state index is 0.000822. The number of carbonyl (C=O) groups is 1. The lowest BCUT2D eigenvalue weighted by Gasteiger charge is -2.32. The first kappa shape index (κ1) is 17.3. The molecule has 0 radical (unpaired) electrons. The second kappa shape index (κ2) is 7.29. The molecule has 0 saturated heterocycles. The number of nitrogens with one attached hydrogen (secondary N) is 1. The molecule has 0 unspecified atom stereocenters. The molecule has 20 heavy (non-hydrogen) atoms. The summed E-state index contributed by atoms with van der Waals surface area (Å²) in [4.78, 5) is 13.7. The van der Waals surface area contributed by atoms with E-state index in [1.807, 2.05) is 0 Å². The van der Waals surface area contributed by atoms with E-state index in [4.69, 9.17) is 0 Å². The molecule has 2 amide bonds. The van der Waals surface area contributed by atoms with Crippen molar-refractivity contribution in [3.63, 3.8) is 0 Å². The summed E-state index contributed by atoms with van der Waals surface area (Å²) in [6, 6.07) is -0.243. The molecule has 1 saturated carbocycles. The third-order valence-electron chi connectivity index (χ3n) is 4.21. The molecule has 0 aromatic heterocycles. The van der Waals surface area contributed by atoms with Crippen molar-refractivity contribution in [1.29, 1.82) is 0 Å². The number of hydrogen-bond acceptors (Lipinski definition) is 3. The largest absolute Gasteiger partial charge is 0.335 e. The Morgan fingerprint density at radius 2 is 2.05 bits per heavy atom. The highest BCUT2D eigenvalue weighted by Gasteiger charge is 2.25. The van der Waals surface area contributed by atoms with Crippen molar-refractivity contribution in [3.8, 4) is 0 Å². The van der Waals surface area contributed by atoms with E-state index in [2.05, 4.69) is 12.2 Å². The zero-order valence-electron chi connectivity index (χ0n) is 13.1. The minimum Gasteiger partial charge on any atom is -0.335 e. The summed E-state index contributed by atoms with van der Waals surface area (Å²) < 4.78 is 22.6. The van der Waals surface area contributed by atoms with Gasteiger partial charge in [0.25, 0.3) is 0 Å². The van der Waals surface area contributed by atoms with Gasteiger partial charge < -0.3 is 10.2 Å². The van der Waals surface area contributed by atoms with Gasteiger partial charge in [-0.3, -0.25) is 0 Å². The van der Waals surface area contributed by atoms with E-state index < -0.39 is 9.84 Å². The molecule has 0 heterocycles. The number of hydrogen-bond donors (Lipinski definition) is 1.